The third kappa shape index (κ3) is 5.27. The molecule has 3 heterocycles. The van der Waals surface area contributed by atoms with Crippen LogP contribution < -0.4 is 4.90 Å². The maximum absolute atomic E-state index is 6.70. The number of hydrogen-bond donors (Lipinski definition) is 0. The molecule has 4 heteroatoms. The van der Waals surface area contributed by atoms with E-state index in [2.05, 4.69) is 216 Å². The fourth-order valence-corrected chi connectivity index (χ4v) is 9.78. The molecule has 10 aromatic carbocycles. The Morgan fingerprint density at radius 3 is 1.82 bits per heavy atom. The third-order valence-corrected chi connectivity index (χ3v) is 12.6. The van der Waals surface area contributed by atoms with Gasteiger partial charge in [-0.2, -0.15) is 0 Å². The van der Waals surface area contributed by atoms with Crippen LogP contribution in [-0.2, 0) is 0 Å². The summed E-state index contributed by atoms with van der Waals surface area (Å²) >= 11 is 0. The quantitative estimate of drug-likeness (QED) is 0.168. The maximum atomic E-state index is 6.70. The zero-order valence-electron chi connectivity index (χ0n) is 33.5. The van der Waals surface area contributed by atoms with Crippen molar-refractivity contribution >= 4 is 93.5 Å². The molecule has 3 aromatic heterocycles. The van der Waals surface area contributed by atoms with Gasteiger partial charge in [-0.3, -0.25) is 0 Å². The number of aromatic nitrogens is 1. The van der Waals surface area contributed by atoms with Gasteiger partial charge in [0.05, 0.1) is 16.7 Å². The van der Waals surface area contributed by atoms with Crippen molar-refractivity contribution in [3.63, 3.8) is 0 Å². The average Bonchev–Trinajstić information content (AvgIpc) is 4.02. The Bertz CT molecular complexity index is 3830. The number of fused-ring (bicyclic) bond motifs is 11. The van der Waals surface area contributed by atoms with Gasteiger partial charge in [-0.15, -0.1) is 0 Å². The molecule has 0 radical (unpaired) electrons. The summed E-state index contributed by atoms with van der Waals surface area (Å²) in [5.41, 5.74) is 14.6. The van der Waals surface area contributed by atoms with Crippen molar-refractivity contribution in [3.05, 3.63) is 218 Å². The molecule has 0 amide bonds. The lowest BCUT2D eigenvalue weighted by atomic mass is 9.96. The van der Waals surface area contributed by atoms with Gasteiger partial charge in [-0.1, -0.05) is 140 Å². The molecule has 0 saturated heterocycles. The van der Waals surface area contributed by atoms with Crippen LogP contribution in [0, 0.1) is 0 Å². The van der Waals surface area contributed by atoms with Crippen molar-refractivity contribution < 1.29 is 8.83 Å². The van der Waals surface area contributed by atoms with E-state index < -0.39 is 0 Å². The minimum atomic E-state index is 0.870. The zero-order valence-corrected chi connectivity index (χ0v) is 33.5. The summed E-state index contributed by atoms with van der Waals surface area (Å²) in [7, 11) is 0. The van der Waals surface area contributed by atoms with Gasteiger partial charge >= 0.3 is 0 Å². The second-order valence-electron chi connectivity index (χ2n) is 16.0. The molecule has 13 rings (SSSR count). The number of anilines is 3. The maximum Gasteiger partial charge on any atom is 0.143 e. The van der Waals surface area contributed by atoms with Crippen molar-refractivity contribution in [1.29, 1.82) is 0 Å². The number of benzene rings is 10. The largest absolute Gasteiger partial charge is 0.456 e. The Kier molecular flexibility index (Phi) is 7.57. The molecule has 4 nitrogen and oxygen atoms in total. The second kappa shape index (κ2) is 13.6. The summed E-state index contributed by atoms with van der Waals surface area (Å²) in [4.78, 5) is 2.40. The van der Waals surface area contributed by atoms with Crippen LogP contribution in [0.1, 0.15) is 0 Å². The minimum absolute atomic E-state index is 0.870. The van der Waals surface area contributed by atoms with Crippen LogP contribution in [0.3, 0.4) is 0 Å². The molecular formula is C58H36N2O2. The van der Waals surface area contributed by atoms with E-state index in [1.807, 2.05) is 12.1 Å². The Hall–Kier alpha value is -8.34. The van der Waals surface area contributed by atoms with Crippen molar-refractivity contribution in [3.8, 4) is 27.9 Å². The molecule has 0 unspecified atom stereocenters. The van der Waals surface area contributed by atoms with Gasteiger partial charge in [0.1, 0.15) is 22.3 Å². The van der Waals surface area contributed by atoms with Crippen LogP contribution in [-0.4, -0.2) is 4.57 Å². The molecule has 0 fully saturated rings. The Labute approximate surface area is 356 Å². The van der Waals surface area contributed by atoms with Crippen LogP contribution in [0.2, 0.25) is 0 Å². The molecule has 0 N–H and O–H groups in total. The van der Waals surface area contributed by atoms with Gasteiger partial charge in [0, 0.05) is 60.3 Å². The summed E-state index contributed by atoms with van der Waals surface area (Å²) in [6.07, 6.45) is 0. The number of hydrogen-bond acceptors (Lipinski definition) is 3. The minimum Gasteiger partial charge on any atom is -0.456 e. The van der Waals surface area contributed by atoms with E-state index in [-0.39, 0.29) is 0 Å². The summed E-state index contributed by atoms with van der Waals surface area (Å²) in [6, 6.07) is 78.1. The van der Waals surface area contributed by atoms with Crippen LogP contribution in [0.25, 0.3) is 104 Å². The molecule has 290 valence electrons. The predicted molar refractivity (Wildman–Crippen MR) is 258 cm³/mol. The van der Waals surface area contributed by atoms with E-state index >= 15 is 0 Å². The average molecular weight is 793 g/mol. The molecule has 0 saturated carbocycles. The van der Waals surface area contributed by atoms with E-state index in [9.17, 15) is 0 Å². The molecule has 62 heavy (non-hydrogen) atoms. The van der Waals surface area contributed by atoms with Crippen LogP contribution in [0.4, 0.5) is 17.1 Å². The van der Waals surface area contributed by atoms with Crippen LogP contribution in [0.5, 0.6) is 0 Å². The first kappa shape index (κ1) is 34.5. The van der Waals surface area contributed by atoms with Gasteiger partial charge in [0.25, 0.3) is 0 Å². The monoisotopic (exact) mass is 792 g/mol. The summed E-state index contributed by atoms with van der Waals surface area (Å²) in [5.74, 6) is 0. The van der Waals surface area contributed by atoms with Crippen molar-refractivity contribution in [2.24, 2.45) is 0 Å². The first-order valence-electron chi connectivity index (χ1n) is 21.1. The highest BCUT2D eigenvalue weighted by Gasteiger charge is 2.22. The fraction of sp³-hybridized carbons (Fsp3) is 0. The molecule has 0 aliphatic carbocycles. The van der Waals surface area contributed by atoms with E-state index in [4.69, 9.17) is 8.83 Å². The molecule has 0 spiro atoms. The Balaban J connectivity index is 1.01. The van der Waals surface area contributed by atoms with E-state index in [0.29, 0.717) is 0 Å². The molecule has 0 bridgehead atoms. The lowest BCUT2D eigenvalue weighted by Crippen LogP contribution is -2.12. The van der Waals surface area contributed by atoms with Gasteiger partial charge in [0.15, 0.2) is 0 Å². The standard InChI is InChI=1S/C58H36N2O2/c1-2-16-43-38(13-1)29-34-50-57-49(21-12-26-55(57)62-58(43)50)46-19-5-7-22-51(46)59(40-31-27-37(28-32-40)39-30-33-48-47-20-6-10-25-54(47)61-56(48)35-39)41-14-11-15-42(36-41)60-52-23-8-3-17-44(52)45-18-4-9-24-53(45)60/h1-36H. The lowest BCUT2D eigenvalue weighted by Gasteiger charge is -2.29. The molecule has 0 aliphatic rings. The van der Waals surface area contributed by atoms with Gasteiger partial charge in [-0.25, -0.2) is 0 Å². The highest BCUT2D eigenvalue weighted by molar-refractivity contribution is 6.20. The highest BCUT2D eigenvalue weighted by atomic mass is 16.3. The number of furan rings is 2. The number of nitrogens with zero attached hydrogens (tertiary/aromatic N) is 2. The molecule has 0 aliphatic heterocycles. The smallest absolute Gasteiger partial charge is 0.143 e. The predicted octanol–water partition coefficient (Wildman–Crippen LogP) is 16.5. The van der Waals surface area contributed by atoms with E-state index in [0.717, 1.165) is 99.7 Å². The Morgan fingerprint density at radius 1 is 0.355 bits per heavy atom. The first-order valence-corrected chi connectivity index (χ1v) is 21.1. The SMILES string of the molecule is c1cc(N(c2ccc(-c3ccc4c(c3)oc3ccccc34)cc2)c2ccccc2-c2cccc3oc4c5ccccc5ccc4c23)cc(-n2c3ccccc3c3ccccc32)c1. The Morgan fingerprint density at radius 2 is 0.984 bits per heavy atom. The highest BCUT2D eigenvalue weighted by Crippen LogP contribution is 2.46. The topological polar surface area (TPSA) is 34.5 Å². The normalized spacial score (nSPS) is 11.9. The third-order valence-electron chi connectivity index (χ3n) is 12.6. The van der Waals surface area contributed by atoms with Crippen molar-refractivity contribution in [2.75, 3.05) is 4.90 Å². The van der Waals surface area contributed by atoms with Gasteiger partial charge in [0.2, 0.25) is 0 Å². The summed E-state index contributed by atoms with van der Waals surface area (Å²) < 4.78 is 15.4. The van der Waals surface area contributed by atoms with Crippen molar-refractivity contribution in [1.82, 2.24) is 4.57 Å². The fourth-order valence-electron chi connectivity index (χ4n) is 9.78. The number of para-hydroxylation sites is 4. The molecule has 0 atom stereocenters. The van der Waals surface area contributed by atoms with Crippen LogP contribution >= 0.6 is 0 Å². The summed E-state index contributed by atoms with van der Waals surface area (Å²) in [5, 5.41) is 9.22. The first-order chi connectivity index (χ1) is 30.7. The van der Waals surface area contributed by atoms with Gasteiger partial charge in [-0.05, 0) is 101 Å². The van der Waals surface area contributed by atoms with Gasteiger partial charge < -0.3 is 18.3 Å². The van der Waals surface area contributed by atoms with Crippen molar-refractivity contribution in [2.45, 2.75) is 0 Å². The zero-order chi connectivity index (χ0) is 40.7. The lowest BCUT2D eigenvalue weighted by molar-refractivity contribution is 0.669. The van der Waals surface area contributed by atoms with Crippen LogP contribution in [0.15, 0.2) is 227 Å². The molecule has 13 aromatic rings. The van der Waals surface area contributed by atoms with E-state index in [1.54, 1.807) is 0 Å². The van der Waals surface area contributed by atoms with E-state index in [1.165, 1.54) is 21.8 Å². The second-order valence-corrected chi connectivity index (χ2v) is 16.0. The number of rotatable bonds is 6. The molecular weight excluding hydrogens is 757 g/mol. The summed E-state index contributed by atoms with van der Waals surface area (Å²) in [6.45, 7) is 0.